The minimum Gasteiger partial charge on any atom is -0.486 e. The zero-order valence-electron chi connectivity index (χ0n) is 19.9. The molecule has 1 aromatic carbocycles. The predicted octanol–water partition coefficient (Wildman–Crippen LogP) is 4.16. The van der Waals surface area contributed by atoms with E-state index in [4.69, 9.17) is 9.47 Å². The number of fused-ring (bicyclic) bond motifs is 1. The average Bonchev–Trinajstić information content (AvgIpc) is 3.56. The van der Waals surface area contributed by atoms with E-state index in [0.29, 0.717) is 49.7 Å². The molecule has 33 heavy (non-hydrogen) atoms. The van der Waals surface area contributed by atoms with Crippen molar-refractivity contribution in [3.63, 3.8) is 0 Å². The second kappa shape index (κ2) is 11.0. The highest BCUT2D eigenvalue weighted by molar-refractivity contribution is 5.76. The van der Waals surface area contributed by atoms with Crippen LogP contribution in [0.15, 0.2) is 18.2 Å². The Labute approximate surface area is 196 Å². The number of halogens is 1. The third-order valence-electron chi connectivity index (χ3n) is 7.29. The van der Waals surface area contributed by atoms with Crippen LogP contribution in [0.2, 0.25) is 0 Å². The monoisotopic (exact) mass is 462 g/mol. The molecule has 3 atom stereocenters. The molecule has 184 valence electrons. The van der Waals surface area contributed by atoms with Crippen LogP contribution in [0, 0.1) is 5.92 Å². The van der Waals surface area contributed by atoms with Crippen molar-refractivity contribution in [2.45, 2.75) is 82.5 Å². The SMILES string of the molecule is C[C@](F)(CCCCCC(=O)N[C@H](CN1CCCC1)C(O)c1ccc2c(c1)OCCO2)C1CC1. The minimum atomic E-state index is -1.04. The lowest BCUT2D eigenvalue weighted by molar-refractivity contribution is -0.123. The molecule has 0 bridgehead atoms. The number of hydrogen-bond acceptors (Lipinski definition) is 5. The van der Waals surface area contributed by atoms with Crippen molar-refractivity contribution in [1.29, 1.82) is 0 Å². The average molecular weight is 463 g/mol. The summed E-state index contributed by atoms with van der Waals surface area (Å²) in [6, 6.07) is 5.08. The Morgan fingerprint density at radius 3 is 2.64 bits per heavy atom. The first-order valence-electron chi connectivity index (χ1n) is 12.7. The summed E-state index contributed by atoms with van der Waals surface area (Å²) in [6.07, 6.45) is 6.87. The van der Waals surface area contributed by atoms with Gasteiger partial charge in [0, 0.05) is 13.0 Å². The number of hydrogen-bond donors (Lipinski definition) is 2. The minimum absolute atomic E-state index is 0.0546. The van der Waals surface area contributed by atoms with E-state index in [9.17, 15) is 14.3 Å². The molecule has 3 aliphatic rings. The molecule has 2 aliphatic heterocycles. The number of ether oxygens (including phenoxy) is 2. The van der Waals surface area contributed by atoms with E-state index >= 15 is 0 Å². The molecule has 1 saturated carbocycles. The lowest BCUT2D eigenvalue weighted by atomic mass is 9.95. The van der Waals surface area contributed by atoms with Gasteiger partial charge in [-0.2, -0.15) is 0 Å². The van der Waals surface area contributed by atoms with E-state index < -0.39 is 17.8 Å². The van der Waals surface area contributed by atoms with Crippen LogP contribution < -0.4 is 14.8 Å². The van der Waals surface area contributed by atoms with Gasteiger partial charge in [-0.1, -0.05) is 18.9 Å². The van der Waals surface area contributed by atoms with E-state index in [1.807, 2.05) is 18.2 Å². The van der Waals surface area contributed by atoms with E-state index in [0.717, 1.165) is 58.0 Å². The second-order valence-corrected chi connectivity index (χ2v) is 10.1. The lowest BCUT2D eigenvalue weighted by Gasteiger charge is -2.29. The van der Waals surface area contributed by atoms with Crippen LogP contribution in [0.5, 0.6) is 11.5 Å². The maximum absolute atomic E-state index is 14.5. The Morgan fingerprint density at radius 2 is 1.91 bits per heavy atom. The summed E-state index contributed by atoms with van der Waals surface area (Å²) in [4.78, 5) is 15.0. The van der Waals surface area contributed by atoms with E-state index in [2.05, 4.69) is 10.2 Å². The molecule has 2 heterocycles. The number of amides is 1. The van der Waals surface area contributed by atoms with Gasteiger partial charge in [-0.05, 0) is 82.2 Å². The number of alkyl halides is 1. The van der Waals surface area contributed by atoms with Crippen LogP contribution in [0.3, 0.4) is 0 Å². The summed E-state index contributed by atoms with van der Waals surface area (Å²) in [5.41, 5.74) is -0.331. The van der Waals surface area contributed by atoms with Crippen molar-refractivity contribution >= 4 is 5.91 Å². The number of rotatable bonds is 12. The van der Waals surface area contributed by atoms with E-state index in [1.54, 1.807) is 6.92 Å². The Kier molecular flexibility index (Phi) is 8.12. The van der Waals surface area contributed by atoms with Gasteiger partial charge in [0.25, 0.3) is 0 Å². The fraction of sp³-hybridized carbons (Fsp3) is 0.731. The van der Waals surface area contributed by atoms with Gasteiger partial charge in [0.05, 0.1) is 6.04 Å². The van der Waals surface area contributed by atoms with E-state index in [1.165, 1.54) is 0 Å². The Bertz CT molecular complexity index is 792. The number of benzene rings is 1. The first-order chi connectivity index (χ1) is 15.9. The quantitative estimate of drug-likeness (QED) is 0.457. The maximum Gasteiger partial charge on any atom is 0.220 e. The van der Waals surface area contributed by atoms with E-state index in [-0.39, 0.29) is 11.8 Å². The topological polar surface area (TPSA) is 71.0 Å². The van der Waals surface area contributed by atoms with Gasteiger partial charge in [0.1, 0.15) is 25.0 Å². The normalized spacial score (nSPS) is 21.9. The Morgan fingerprint density at radius 1 is 1.18 bits per heavy atom. The summed E-state index contributed by atoms with van der Waals surface area (Å²) >= 11 is 0. The molecule has 0 spiro atoms. The van der Waals surface area contributed by atoms with Gasteiger partial charge in [-0.3, -0.25) is 4.79 Å². The molecule has 2 fully saturated rings. The van der Waals surface area contributed by atoms with Crippen LogP contribution in [0.1, 0.15) is 76.4 Å². The van der Waals surface area contributed by atoms with Crippen molar-refractivity contribution in [2.24, 2.45) is 5.92 Å². The Hall–Kier alpha value is -1.86. The van der Waals surface area contributed by atoms with Crippen LogP contribution >= 0.6 is 0 Å². The lowest BCUT2D eigenvalue weighted by Crippen LogP contribution is -2.46. The second-order valence-electron chi connectivity index (χ2n) is 10.1. The highest BCUT2D eigenvalue weighted by Crippen LogP contribution is 2.44. The summed E-state index contributed by atoms with van der Waals surface area (Å²) in [5.74, 6) is 1.51. The van der Waals surface area contributed by atoms with Gasteiger partial charge in [0.2, 0.25) is 5.91 Å². The third kappa shape index (κ3) is 6.82. The first-order valence-corrected chi connectivity index (χ1v) is 12.7. The molecule has 0 aromatic heterocycles. The highest BCUT2D eigenvalue weighted by atomic mass is 19.1. The molecule has 7 heteroatoms. The molecule has 6 nitrogen and oxygen atoms in total. The van der Waals surface area contributed by atoms with Crippen molar-refractivity contribution < 1.29 is 23.8 Å². The van der Waals surface area contributed by atoms with Crippen LogP contribution in [0.4, 0.5) is 4.39 Å². The van der Waals surface area contributed by atoms with Crippen molar-refractivity contribution in [3.05, 3.63) is 23.8 Å². The third-order valence-corrected chi connectivity index (χ3v) is 7.29. The molecule has 1 aromatic rings. The number of unbranched alkanes of at least 4 members (excludes halogenated alkanes) is 2. The summed E-state index contributed by atoms with van der Waals surface area (Å²) < 4.78 is 25.7. The number of nitrogens with zero attached hydrogens (tertiary/aromatic N) is 1. The van der Waals surface area contributed by atoms with Gasteiger partial charge in [-0.25, -0.2) is 4.39 Å². The number of aliphatic hydroxyl groups excluding tert-OH is 1. The smallest absolute Gasteiger partial charge is 0.220 e. The molecule has 1 aliphatic carbocycles. The van der Waals surface area contributed by atoms with Crippen molar-refractivity contribution in [1.82, 2.24) is 10.2 Å². The van der Waals surface area contributed by atoms with Crippen molar-refractivity contribution in [3.8, 4) is 11.5 Å². The fourth-order valence-corrected chi connectivity index (χ4v) is 5.05. The van der Waals surface area contributed by atoms with Crippen LogP contribution in [-0.4, -0.2) is 60.5 Å². The molecule has 1 saturated heterocycles. The standard InChI is InChI=1S/C26H39FN2O4/c1-26(27,20-9-10-20)12-4-2-3-7-24(30)28-21(18-29-13-5-6-14-29)25(31)19-8-11-22-23(17-19)33-16-15-32-22/h8,11,17,20-21,25,31H,2-7,9-10,12-16,18H2,1H3,(H,28,30)/t21-,25?,26+/m1/s1. The summed E-state index contributed by atoms with van der Waals surface area (Å²) in [6.45, 7) is 5.32. The molecular formula is C26H39FN2O4. The largest absolute Gasteiger partial charge is 0.486 e. The van der Waals surface area contributed by atoms with Crippen molar-refractivity contribution in [2.75, 3.05) is 32.8 Å². The number of carbonyl (C=O) groups excluding carboxylic acids is 1. The van der Waals surface area contributed by atoms with Crippen LogP contribution in [-0.2, 0) is 4.79 Å². The molecule has 2 N–H and O–H groups in total. The van der Waals surface area contributed by atoms with Crippen LogP contribution in [0.25, 0.3) is 0 Å². The maximum atomic E-state index is 14.5. The number of aliphatic hydroxyl groups is 1. The zero-order valence-corrected chi connectivity index (χ0v) is 19.9. The highest BCUT2D eigenvalue weighted by Gasteiger charge is 2.41. The predicted molar refractivity (Wildman–Crippen MR) is 125 cm³/mol. The van der Waals surface area contributed by atoms with Gasteiger partial charge < -0.3 is 24.8 Å². The molecular weight excluding hydrogens is 423 g/mol. The number of carbonyl (C=O) groups is 1. The number of nitrogens with one attached hydrogen (secondary N) is 1. The van der Waals surface area contributed by atoms with Gasteiger partial charge >= 0.3 is 0 Å². The number of likely N-dealkylation sites (tertiary alicyclic amines) is 1. The zero-order chi connectivity index (χ0) is 23.3. The summed E-state index contributed by atoms with van der Waals surface area (Å²) in [5, 5.41) is 14.2. The molecule has 1 amide bonds. The summed E-state index contributed by atoms with van der Waals surface area (Å²) in [7, 11) is 0. The first kappa shape index (κ1) is 24.3. The van der Waals surface area contributed by atoms with Gasteiger partial charge in [-0.15, -0.1) is 0 Å². The molecule has 1 unspecified atom stereocenters. The molecule has 4 rings (SSSR count). The fourth-order valence-electron chi connectivity index (χ4n) is 5.05. The molecule has 0 radical (unpaired) electrons. The Balaban J connectivity index is 1.29. The van der Waals surface area contributed by atoms with Gasteiger partial charge in [0.15, 0.2) is 11.5 Å².